The molecule has 0 radical (unpaired) electrons. The third kappa shape index (κ3) is 3.42. The molecule has 7 nitrogen and oxygen atoms in total. The fraction of sp³-hybridized carbons (Fsp3) is 0.118. The number of aromatic nitrogens is 2. The molecule has 0 atom stereocenters. The first-order valence-corrected chi connectivity index (χ1v) is 7.40. The molecule has 126 valence electrons. The number of hydrogen-bond acceptors (Lipinski definition) is 6. The average molecular weight is 338 g/mol. The smallest absolute Gasteiger partial charge is 0.162 e. The Morgan fingerprint density at radius 3 is 2.64 bits per heavy atom. The maximum Gasteiger partial charge on any atom is 0.162 e. The molecule has 0 saturated carbocycles. The second kappa shape index (κ2) is 7.00. The van der Waals surface area contributed by atoms with E-state index >= 15 is 0 Å². The van der Waals surface area contributed by atoms with Gasteiger partial charge in [-0.1, -0.05) is 12.1 Å². The summed E-state index contributed by atoms with van der Waals surface area (Å²) in [7, 11) is 1.55. The van der Waals surface area contributed by atoms with E-state index in [4.69, 9.17) is 15.7 Å². The number of methoxy groups -OCH3 is 1. The SMILES string of the molecule is COc1cc(-c2ccc(F)cc2)cc2c(NCC(=N)N=N)ncnc12. The van der Waals surface area contributed by atoms with E-state index in [2.05, 4.69) is 20.4 Å². The van der Waals surface area contributed by atoms with Gasteiger partial charge in [0.05, 0.1) is 13.7 Å². The summed E-state index contributed by atoms with van der Waals surface area (Å²) in [5, 5.41) is 14.2. The quantitative estimate of drug-likeness (QED) is 0.373. The van der Waals surface area contributed by atoms with E-state index < -0.39 is 0 Å². The first-order valence-electron chi connectivity index (χ1n) is 7.40. The maximum atomic E-state index is 13.2. The molecule has 0 aliphatic heterocycles. The molecule has 8 heteroatoms. The molecule has 25 heavy (non-hydrogen) atoms. The molecule has 0 unspecified atom stereocenters. The lowest BCUT2D eigenvalue weighted by Gasteiger charge is -2.12. The first kappa shape index (κ1) is 16.4. The van der Waals surface area contributed by atoms with E-state index in [1.807, 2.05) is 12.1 Å². The lowest BCUT2D eigenvalue weighted by Crippen LogP contribution is -2.11. The predicted octanol–water partition coefficient (Wildman–Crippen LogP) is 3.86. The summed E-state index contributed by atoms with van der Waals surface area (Å²) in [5.74, 6) is 0.636. The van der Waals surface area contributed by atoms with Gasteiger partial charge in [-0.2, -0.15) is 0 Å². The predicted molar refractivity (Wildman–Crippen MR) is 92.8 cm³/mol. The van der Waals surface area contributed by atoms with Gasteiger partial charge in [0.2, 0.25) is 0 Å². The van der Waals surface area contributed by atoms with Crippen molar-refractivity contribution in [1.29, 1.82) is 10.9 Å². The highest BCUT2D eigenvalue weighted by atomic mass is 19.1. The van der Waals surface area contributed by atoms with Gasteiger partial charge >= 0.3 is 0 Å². The van der Waals surface area contributed by atoms with Crippen molar-refractivity contribution < 1.29 is 9.13 Å². The van der Waals surface area contributed by atoms with Gasteiger partial charge in [-0.05, 0) is 35.4 Å². The van der Waals surface area contributed by atoms with Crippen LogP contribution >= 0.6 is 0 Å². The number of anilines is 1. The number of halogens is 1. The van der Waals surface area contributed by atoms with Crippen LogP contribution < -0.4 is 10.1 Å². The minimum atomic E-state index is -0.306. The monoisotopic (exact) mass is 338 g/mol. The largest absolute Gasteiger partial charge is 0.494 e. The van der Waals surface area contributed by atoms with Crippen molar-refractivity contribution in [3.05, 3.63) is 48.5 Å². The van der Waals surface area contributed by atoms with Crippen LogP contribution in [0.1, 0.15) is 0 Å². The second-order valence-corrected chi connectivity index (χ2v) is 5.22. The number of ether oxygens (including phenoxy) is 1. The summed E-state index contributed by atoms with van der Waals surface area (Å²) < 4.78 is 18.6. The van der Waals surface area contributed by atoms with Crippen molar-refractivity contribution in [1.82, 2.24) is 9.97 Å². The van der Waals surface area contributed by atoms with Crippen molar-refractivity contribution in [2.45, 2.75) is 0 Å². The van der Waals surface area contributed by atoms with Crippen LogP contribution in [0.25, 0.3) is 22.0 Å². The number of nitrogens with zero attached hydrogens (tertiary/aromatic N) is 3. The molecular formula is C17H15FN6O. The van der Waals surface area contributed by atoms with Crippen molar-refractivity contribution in [2.24, 2.45) is 5.11 Å². The van der Waals surface area contributed by atoms with Crippen LogP contribution in [0, 0.1) is 16.8 Å². The summed E-state index contributed by atoms with van der Waals surface area (Å²) >= 11 is 0. The zero-order valence-corrected chi connectivity index (χ0v) is 13.4. The Morgan fingerprint density at radius 2 is 1.96 bits per heavy atom. The van der Waals surface area contributed by atoms with Gasteiger partial charge in [-0.3, -0.25) is 5.41 Å². The standard InChI is InChI=1S/C17H15FN6O/c1-25-14-7-11(10-2-4-12(18)5-3-10)6-13-16(14)22-9-23-17(13)21-8-15(19)24-20/h2-7,9,19-20H,8H2,1H3,(H,21,22,23). The van der Waals surface area contributed by atoms with Crippen LogP contribution in [0.4, 0.5) is 10.2 Å². The van der Waals surface area contributed by atoms with Gasteiger partial charge in [0, 0.05) is 5.39 Å². The Morgan fingerprint density at radius 1 is 1.20 bits per heavy atom. The number of benzene rings is 2. The lowest BCUT2D eigenvalue weighted by molar-refractivity contribution is 0.419. The summed E-state index contributed by atoms with van der Waals surface area (Å²) in [5.41, 5.74) is 9.10. The molecule has 0 bridgehead atoms. The number of amidine groups is 1. The zero-order valence-electron chi connectivity index (χ0n) is 13.4. The van der Waals surface area contributed by atoms with Gasteiger partial charge < -0.3 is 10.1 Å². The molecular weight excluding hydrogens is 323 g/mol. The second-order valence-electron chi connectivity index (χ2n) is 5.22. The van der Waals surface area contributed by atoms with Gasteiger partial charge in [0.15, 0.2) is 5.84 Å². The molecule has 0 saturated heterocycles. The Hall–Kier alpha value is -3.42. The summed E-state index contributed by atoms with van der Waals surface area (Å²) in [4.78, 5) is 8.46. The Bertz CT molecular complexity index is 942. The van der Waals surface area contributed by atoms with Crippen LogP contribution in [0.3, 0.4) is 0 Å². The molecule has 1 aromatic heterocycles. The van der Waals surface area contributed by atoms with Gasteiger partial charge in [0.25, 0.3) is 0 Å². The Labute approximate surface area is 142 Å². The third-order valence-electron chi connectivity index (χ3n) is 3.66. The topological polar surface area (TPSA) is 107 Å². The van der Waals surface area contributed by atoms with E-state index in [1.54, 1.807) is 19.2 Å². The number of fused-ring (bicyclic) bond motifs is 1. The van der Waals surface area contributed by atoms with Crippen molar-refractivity contribution >= 4 is 22.6 Å². The molecule has 2 aromatic carbocycles. The highest BCUT2D eigenvalue weighted by Crippen LogP contribution is 2.33. The first-order chi connectivity index (χ1) is 12.1. The molecule has 0 amide bonds. The highest BCUT2D eigenvalue weighted by molar-refractivity contribution is 5.97. The van der Waals surface area contributed by atoms with Crippen LogP contribution in [-0.2, 0) is 0 Å². The number of hydrogen-bond donors (Lipinski definition) is 3. The van der Waals surface area contributed by atoms with E-state index in [0.29, 0.717) is 22.5 Å². The normalized spacial score (nSPS) is 10.5. The summed E-state index contributed by atoms with van der Waals surface area (Å²) in [6.07, 6.45) is 1.40. The summed E-state index contributed by atoms with van der Waals surface area (Å²) in [6.45, 7) is 0.0682. The van der Waals surface area contributed by atoms with Crippen LogP contribution in [0.2, 0.25) is 0 Å². The maximum absolute atomic E-state index is 13.2. The third-order valence-corrected chi connectivity index (χ3v) is 3.66. The van der Waals surface area contributed by atoms with Crippen LogP contribution in [0.15, 0.2) is 47.8 Å². The van der Waals surface area contributed by atoms with Crippen LogP contribution in [0.5, 0.6) is 5.75 Å². The van der Waals surface area contributed by atoms with E-state index in [-0.39, 0.29) is 18.2 Å². The molecule has 3 N–H and O–H groups in total. The molecule has 0 aliphatic carbocycles. The van der Waals surface area contributed by atoms with Gasteiger partial charge in [-0.15, -0.1) is 5.11 Å². The van der Waals surface area contributed by atoms with Gasteiger partial charge in [-0.25, -0.2) is 19.9 Å². The van der Waals surface area contributed by atoms with Crippen molar-refractivity contribution in [3.63, 3.8) is 0 Å². The fourth-order valence-electron chi connectivity index (χ4n) is 2.45. The number of rotatable bonds is 5. The highest BCUT2D eigenvalue weighted by Gasteiger charge is 2.12. The fourth-order valence-corrected chi connectivity index (χ4v) is 2.45. The van der Waals surface area contributed by atoms with Gasteiger partial charge in [0.1, 0.15) is 29.2 Å². The molecule has 0 spiro atoms. The minimum absolute atomic E-state index is 0.0682. The Kier molecular flexibility index (Phi) is 4.60. The Balaban J connectivity index is 2.12. The summed E-state index contributed by atoms with van der Waals surface area (Å²) in [6, 6.07) is 9.85. The van der Waals surface area contributed by atoms with E-state index in [0.717, 1.165) is 11.1 Å². The minimum Gasteiger partial charge on any atom is -0.494 e. The molecule has 1 heterocycles. The average Bonchev–Trinajstić information content (AvgIpc) is 2.65. The van der Waals surface area contributed by atoms with Crippen molar-refractivity contribution in [2.75, 3.05) is 19.0 Å². The zero-order chi connectivity index (χ0) is 17.8. The molecule has 0 aliphatic rings. The lowest BCUT2D eigenvalue weighted by atomic mass is 10.0. The molecule has 0 fully saturated rings. The van der Waals surface area contributed by atoms with Crippen molar-refractivity contribution in [3.8, 4) is 16.9 Å². The number of nitrogens with one attached hydrogen (secondary N) is 3. The molecule has 3 rings (SSSR count). The van der Waals surface area contributed by atoms with E-state index in [1.165, 1.54) is 18.5 Å². The van der Waals surface area contributed by atoms with E-state index in [9.17, 15) is 4.39 Å². The van der Waals surface area contributed by atoms with Crippen LogP contribution in [-0.4, -0.2) is 29.5 Å². The molecule has 3 aromatic rings.